The van der Waals surface area contributed by atoms with Crippen molar-refractivity contribution in [2.45, 2.75) is 12.5 Å². The van der Waals surface area contributed by atoms with E-state index in [4.69, 9.17) is 5.73 Å². The monoisotopic (exact) mass is 214 g/mol. The molecule has 3 N–H and O–H groups in total. The van der Waals surface area contributed by atoms with Gasteiger partial charge in [0.15, 0.2) is 5.82 Å². The average Bonchev–Trinajstić information content (AvgIpc) is 2.58. The first-order valence-corrected chi connectivity index (χ1v) is 4.75. The number of benzene rings is 1. The minimum atomic E-state index is -0.758. The number of halogens is 2. The Labute approximate surface area is 86.1 Å². The highest BCUT2D eigenvalue weighted by molar-refractivity contribution is 5.68. The van der Waals surface area contributed by atoms with E-state index in [1.165, 1.54) is 6.07 Å². The van der Waals surface area contributed by atoms with Gasteiger partial charge in [0.2, 0.25) is 0 Å². The van der Waals surface area contributed by atoms with E-state index in [0.717, 1.165) is 6.07 Å². The Morgan fingerprint density at radius 1 is 1.40 bits per heavy atom. The molecule has 1 aromatic carbocycles. The lowest BCUT2D eigenvalue weighted by Crippen LogP contribution is -2.22. The van der Waals surface area contributed by atoms with Crippen LogP contribution in [0.15, 0.2) is 12.1 Å². The largest absolute Gasteiger partial charge is 0.395 e. The van der Waals surface area contributed by atoms with Crippen molar-refractivity contribution in [2.75, 3.05) is 23.7 Å². The summed E-state index contributed by atoms with van der Waals surface area (Å²) in [5.41, 5.74) is 5.77. The number of nitrogens with two attached hydrogens (primary N) is 1. The van der Waals surface area contributed by atoms with Gasteiger partial charge < -0.3 is 15.7 Å². The Kier molecular flexibility index (Phi) is 2.48. The lowest BCUT2D eigenvalue weighted by atomic mass is 10.2. The minimum absolute atomic E-state index is 0.0644. The Bertz CT molecular complexity index is 384. The van der Waals surface area contributed by atoms with E-state index in [0.29, 0.717) is 25.2 Å². The van der Waals surface area contributed by atoms with Gasteiger partial charge in [-0.1, -0.05) is 0 Å². The summed E-state index contributed by atoms with van der Waals surface area (Å²) in [7, 11) is 0. The maximum absolute atomic E-state index is 13.1. The van der Waals surface area contributed by atoms with E-state index < -0.39 is 17.7 Å². The number of hydrogen-bond acceptors (Lipinski definition) is 3. The van der Waals surface area contributed by atoms with E-state index >= 15 is 0 Å². The first-order valence-electron chi connectivity index (χ1n) is 4.75. The molecule has 5 heteroatoms. The van der Waals surface area contributed by atoms with Crippen molar-refractivity contribution in [1.29, 1.82) is 0 Å². The van der Waals surface area contributed by atoms with Crippen molar-refractivity contribution in [3.63, 3.8) is 0 Å². The first kappa shape index (κ1) is 10.2. The predicted octanol–water partition coefficient (Wildman–Crippen LogP) is 1.12. The molecule has 1 aromatic rings. The molecule has 0 bridgehead atoms. The third-order valence-corrected chi connectivity index (χ3v) is 2.58. The third-order valence-electron chi connectivity index (χ3n) is 2.58. The van der Waals surface area contributed by atoms with Crippen LogP contribution in [0.5, 0.6) is 0 Å². The molecule has 0 amide bonds. The SMILES string of the molecule is Nc1c(F)cc(F)cc1N1CCC(O)C1. The first-order chi connectivity index (χ1) is 7.08. The molecule has 1 aliphatic rings. The van der Waals surface area contributed by atoms with Crippen molar-refractivity contribution in [2.24, 2.45) is 0 Å². The summed E-state index contributed by atoms with van der Waals surface area (Å²) in [6, 6.07) is 1.95. The molecular weight excluding hydrogens is 202 g/mol. The van der Waals surface area contributed by atoms with E-state index in [1.807, 2.05) is 0 Å². The Morgan fingerprint density at radius 3 is 2.73 bits per heavy atom. The highest BCUT2D eigenvalue weighted by atomic mass is 19.1. The summed E-state index contributed by atoms with van der Waals surface area (Å²) in [4.78, 5) is 1.69. The molecule has 0 saturated carbocycles. The zero-order chi connectivity index (χ0) is 11.0. The van der Waals surface area contributed by atoms with Crippen LogP contribution in [0.3, 0.4) is 0 Å². The number of β-amino-alcohol motifs (C(OH)–C–C–N with tert-alkyl or cyclic N) is 1. The Morgan fingerprint density at radius 2 is 2.13 bits per heavy atom. The molecule has 1 saturated heterocycles. The molecule has 0 radical (unpaired) electrons. The van der Waals surface area contributed by atoms with Crippen LogP contribution in [0.4, 0.5) is 20.2 Å². The lowest BCUT2D eigenvalue weighted by Gasteiger charge is -2.20. The summed E-state index contributed by atoms with van der Waals surface area (Å²) in [6.07, 6.45) is 0.146. The molecule has 1 aliphatic heterocycles. The van der Waals surface area contributed by atoms with Gasteiger partial charge in [0.1, 0.15) is 5.82 Å². The van der Waals surface area contributed by atoms with Gasteiger partial charge >= 0.3 is 0 Å². The summed E-state index contributed by atoms with van der Waals surface area (Å²) in [5, 5.41) is 9.32. The van der Waals surface area contributed by atoms with Crippen LogP contribution in [0.25, 0.3) is 0 Å². The van der Waals surface area contributed by atoms with Gasteiger partial charge in [0.05, 0.1) is 17.5 Å². The number of anilines is 2. The van der Waals surface area contributed by atoms with Crippen molar-refractivity contribution >= 4 is 11.4 Å². The molecule has 1 atom stereocenters. The molecule has 2 rings (SSSR count). The van der Waals surface area contributed by atoms with E-state index in [9.17, 15) is 13.9 Å². The Hall–Kier alpha value is -1.36. The molecule has 0 aliphatic carbocycles. The number of rotatable bonds is 1. The van der Waals surface area contributed by atoms with Crippen LogP contribution in [-0.2, 0) is 0 Å². The van der Waals surface area contributed by atoms with Gasteiger partial charge in [-0.15, -0.1) is 0 Å². The Balaban J connectivity index is 2.35. The summed E-state index contributed by atoms with van der Waals surface area (Å²) in [5.74, 6) is -1.41. The van der Waals surface area contributed by atoms with Crippen LogP contribution >= 0.6 is 0 Å². The number of aliphatic hydroxyl groups is 1. The maximum atomic E-state index is 13.1. The van der Waals surface area contributed by atoms with Gasteiger partial charge in [-0.25, -0.2) is 8.78 Å². The van der Waals surface area contributed by atoms with Crippen LogP contribution in [0.1, 0.15) is 6.42 Å². The fourth-order valence-electron chi connectivity index (χ4n) is 1.79. The van der Waals surface area contributed by atoms with Crippen LogP contribution in [0.2, 0.25) is 0 Å². The van der Waals surface area contributed by atoms with Gasteiger partial charge in [-0.2, -0.15) is 0 Å². The highest BCUT2D eigenvalue weighted by Gasteiger charge is 2.23. The van der Waals surface area contributed by atoms with Crippen LogP contribution in [-0.4, -0.2) is 24.3 Å². The van der Waals surface area contributed by atoms with Gasteiger partial charge in [-0.05, 0) is 12.5 Å². The predicted molar refractivity (Wildman–Crippen MR) is 53.6 cm³/mol. The molecule has 15 heavy (non-hydrogen) atoms. The zero-order valence-electron chi connectivity index (χ0n) is 8.08. The second-order valence-corrected chi connectivity index (χ2v) is 3.71. The van der Waals surface area contributed by atoms with Crippen molar-refractivity contribution in [1.82, 2.24) is 0 Å². The number of nitrogens with zero attached hydrogens (tertiary/aromatic N) is 1. The average molecular weight is 214 g/mol. The molecule has 1 unspecified atom stereocenters. The molecular formula is C10H12F2N2O. The van der Waals surface area contributed by atoms with Gasteiger partial charge in [0.25, 0.3) is 0 Å². The topological polar surface area (TPSA) is 49.5 Å². The van der Waals surface area contributed by atoms with E-state index in [1.54, 1.807) is 4.90 Å². The molecule has 82 valence electrons. The highest BCUT2D eigenvalue weighted by Crippen LogP contribution is 2.29. The number of nitrogen functional groups attached to an aromatic ring is 1. The standard InChI is InChI=1S/C10H12F2N2O/c11-6-3-8(12)10(13)9(4-6)14-2-1-7(15)5-14/h3-4,7,15H,1-2,5,13H2. The zero-order valence-corrected chi connectivity index (χ0v) is 8.08. The molecule has 3 nitrogen and oxygen atoms in total. The van der Waals surface area contributed by atoms with E-state index in [2.05, 4.69) is 0 Å². The van der Waals surface area contributed by atoms with Gasteiger partial charge in [-0.3, -0.25) is 0 Å². The quantitative estimate of drug-likeness (QED) is 0.689. The van der Waals surface area contributed by atoms with Crippen molar-refractivity contribution in [3.8, 4) is 0 Å². The minimum Gasteiger partial charge on any atom is -0.395 e. The summed E-state index contributed by atoms with van der Waals surface area (Å²) >= 11 is 0. The number of hydrogen-bond donors (Lipinski definition) is 2. The molecule has 0 aromatic heterocycles. The normalized spacial score (nSPS) is 21.0. The summed E-state index contributed by atoms with van der Waals surface area (Å²) < 4.78 is 26.1. The maximum Gasteiger partial charge on any atom is 0.151 e. The fraction of sp³-hybridized carbons (Fsp3) is 0.400. The van der Waals surface area contributed by atoms with E-state index in [-0.39, 0.29) is 5.69 Å². The second-order valence-electron chi connectivity index (χ2n) is 3.71. The lowest BCUT2D eigenvalue weighted by molar-refractivity contribution is 0.198. The smallest absolute Gasteiger partial charge is 0.151 e. The van der Waals surface area contributed by atoms with Crippen LogP contribution < -0.4 is 10.6 Å². The fourth-order valence-corrected chi connectivity index (χ4v) is 1.79. The second kappa shape index (κ2) is 3.66. The third kappa shape index (κ3) is 1.87. The summed E-state index contributed by atoms with van der Waals surface area (Å²) in [6.45, 7) is 0.932. The van der Waals surface area contributed by atoms with Crippen molar-refractivity contribution < 1.29 is 13.9 Å². The molecule has 1 fully saturated rings. The number of aliphatic hydroxyl groups excluding tert-OH is 1. The molecule has 1 heterocycles. The van der Waals surface area contributed by atoms with Crippen LogP contribution in [0, 0.1) is 11.6 Å². The van der Waals surface area contributed by atoms with Crippen molar-refractivity contribution in [3.05, 3.63) is 23.8 Å². The van der Waals surface area contributed by atoms with Gasteiger partial charge in [0, 0.05) is 19.2 Å². The molecule has 0 spiro atoms.